The average molecular weight is 440 g/mol. The second-order valence-corrected chi connectivity index (χ2v) is 4.52. The Hall–Kier alpha value is -3.44. The molecule has 0 fully saturated rings. The van der Waals surface area contributed by atoms with Crippen LogP contribution in [0.2, 0.25) is 0 Å². The third kappa shape index (κ3) is 4.80. The molecule has 27 heavy (non-hydrogen) atoms. The van der Waals surface area contributed by atoms with Crippen LogP contribution in [-0.4, -0.2) is 52.8 Å². The van der Waals surface area contributed by atoms with E-state index in [1.807, 2.05) is 0 Å². The molecule has 0 spiro atoms. The molecule has 2 aromatic rings. The second kappa shape index (κ2) is 8.78. The maximum absolute atomic E-state index is 12.8. The van der Waals surface area contributed by atoms with Gasteiger partial charge in [0.2, 0.25) is 11.5 Å². The number of carbonyl (C=O) groups is 2. The van der Waals surface area contributed by atoms with Gasteiger partial charge in [-0.1, -0.05) is 0 Å². The van der Waals surface area contributed by atoms with Gasteiger partial charge in [0.15, 0.2) is 34.6 Å². The summed E-state index contributed by atoms with van der Waals surface area (Å²) in [7, 11) is 0. The number of halogens is 2. The minimum atomic E-state index is -1.65. The third-order valence-electron chi connectivity index (χ3n) is 2.85. The molecule has 10 nitrogen and oxygen atoms in total. The van der Waals surface area contributed by atoms with Gasteiger partial charge in [-0.25, -0.2) is 18.4 Å². The molecule has 1 radical (unpaired) electrons. The van der Waals surface area contributed by atoms with Crippen LogP contribution < -0.4 is 0 Å². The van der Waals surface area contributed by atoms with E-state index in [1.54, 1.807) is 0 Å². The zero-order valence-corrected chi connectivity index (χ0v) is 13.5. The molecule has 0 aromatic heterocycles. The van der Waals surface area contributed by atoms with Gasteiger partial charge in [0.05, 0.1) is 0 Å². The molecule has 0 bridgehead atoms. The van der Waals surface area contributed by atoms with Crippen LogP contribution in [0, 0.1) is 11.6 Å². The monoisotopic (exact) mass is 439 g/mol. The van der Waals surface area contributed by atoms with Gasteiger partial charge in [0, 0.05) is 29.2 Å². The molecule has 2 aromatic carbocycles. The largest absolute Gasteiger partial charge is 0.504 e. The molecule has 0 saturated heterocycles. The van der Waals surface area contributed by atoms with E-state index < -0.39 is 69.2 Å². The van der Waals surface area contributed by atoms with Crippen LogP contribution in [0.25, 0.3) is 0 Å². The summed E-state index contributed by atoms with van der Waals surface area (Å²) in [5.41, 5.74) is -1.82. The summed E-state index contributed by atoms with van der Waals surface area (Å²) in [5, 5.41) is 69.4. The first-order chi connectivity index (χ1) is 11.9. The van der Waals surface area contributed by atoms with E-state index in [-0.39, 0.29) is 17.1 Å². The summed E-state index contributed by atoms with van der Waals surface area (Å²) in [5.74, 6) is -12.8. The minimum absolute atomic E-state index is 0. The Morgan fingerprint density at radius 2 is 0.889 bits per heavy atom. The number of aromatic hydroxyl groups is 6. The first kappa shape index (κ1) is 23.6. The van der Waals surface area contributed by atoms with Gasteiger partial charge in [0.25, 0.3) is 0 Å². The number of hydrogen-bond acceptors (Lipinski definition) is 8. The maximum Gasteiger partial charge on any atom is 0.338 e. The number of hydrogen-bond donors (Lipinski definition) is 8. The number of carboxylic acids is 2. The smallest absolute Gasteiger partial charge is 0.338 e. The van der Waals surface area contributed by atoms with Crippen LogP contribution in [0.4, 0.5) is 8.78 Å². The summed E-state index contributed by atoms with van der Waals surface area (Å²) in [6, 6.07) is 1.01. The summed E-state index contributed by atoms with van der Waals surface area (Å²) in [4.78, 5) is 20.6. The van der Waals surface area contributed by atoms with Crippen molar-refractivity contribution >= 4 is 11.9 Å². The number of benzene rings is 2. The predicted octanol–water partition coefficient (Wildman–Crippen LogP) is 1.28. The molecule has 0 heterocycles. The topological polar surface area (TPSA) is 196 Å². The van der Waals surface area contributed by atoms with Gasteiger partial charge >= 0.3 is 11.9 Å². The Labute approximate surface area is 158 Å². The average Bonchev–Trinajstić information content (AvgIpc) is 2.57. The maximum atomic E-state index is 12.8. The number of carboxylic acid groups (broad SMARTS) is 2. The fourth-order valence-corrected chi connectivity index (χ4v) is 1.55. The molecule has 0 atom stereocenters. The number of phenols is 6. The molecule has 2 rings (SSSR count). The Kier molecular flexibility index (Phi) is 7.66. The van der Waals surface area contributed by atoms with Crippen molar-refractivity contribution in [2.24, 2.45) is 0 Å². The molecule has 13 heteroatoms. The van der Waals surface area contributed by atoms with Crippen LogP contribution in [0.3, 0.4) is 0 Å². The van der Waals surface area contributed by atoms with Crippen LogP contribution >= 0.6 is 0 Å². The van der Waals surface area contributed by atoms with Crippen LogP contribution in [-0.2, 0) is 17.1 Å². The molecular weight excluding hydrogens is 430 g/mol. The normalized spacial score (nSPS) is 9.56. The van der Waals surface area contributed by atoms with Crippen molar-refractivity contribution in [3.63, 3.8) is 0 Å². The Balaban J connectivity index is 0.000000483. The Morgan fingerprint density at radius 3 is 1.11 bits per heavy atom. The molecule has 0 aliphatic rings. The van der Waals surface area contributed by atoms with Gasteiger partial charge in [-0.3, -0.25) is 0 Å². The van der Waals surface area contributed by atoms with E-state index in [9.17, 15) is 18.4 Å². The number of aromatic carboxylic acids is 2. The van der Waals surface area contributed by atoms with Crippen molar-refractivity contribution in [3.8, 4) is 34.5 Å². The van der Waals surface area contributed by atoms with Crippen LogP contribution in [0.15, 0.2) is 12.1 Å². The molecule has 0 unspecified atom stereocenters. The van der Waals surface area contributed by atoms with E-state index in [0.29, 0.717) is 12.1 Å². The Bertz CT molecular complexity index is 827. The van der Waals surface area contributed by atoms with Crippen molar-refractivity contribution in [3.05, 3.63) is 34.9 Å². The number of phenolic OH excluding ortho intramolecular Hbond substituents is 6. The fraction of sp³-hybridized carbons (Fsp3) is 0. The van der Waals surface area contributed by atoms with Gasteiger partial charge in [-0.05, 0) is 0 Å². The fourth-order valence-electron chi connectivity index (χ4n) is 1.55. The SMILES string of the molecule is O=C(O)c1cc(O)c(O)c(O)c1F.O=C(O)c1cc(O)c(O)c(O)c1F.[Cu]. The van der Waals surface area contributed by atoms with Crippen molar-refractivity contribution < 1.29 is 76.3 Å². The van der Waals surface area contributed by atoms with Gasteiger partial charge in [-0.2, -0.15) is 0 Å². The third-order valence-corrected chi connectivity index (χ3v) is 2.85. The van der Waals surface area contributed by atoms with Crippen LogP contribution in [0.1, 0.15) is 20.7 Å². The zero-order chi connectivity index (χ0) is 20.3. The molecule has 0 saturated carbocycles. The molecular formula is C14H10CuF2O10. The van der Waals surface area contributed by atoms with Crippen molar-refractivity contribution in [2.75, 3.05) is 0 Å². The quantitative estimate of drug-likeness (QED) is 0.249. The standard InChI is InChI=1S/2C7H5FO5.Cu/c2*8-4-2(7(12)13)1-3(9)5(10)6(4)11;/h2*1,9-11H,(H,12,13);. The molecule has 8 N–H and O–H groups in total. The van der Waals surface area contributed by atoms with E-state index in [0.717, 1.165) is 0 Å². The van der Waals surface area contributed by atoms with Crippen molar-refractivity contribution in [1.82, 2.24) is 0 Å². The summed E-state index contributed by atoms with van der Waals surface area (Å²) < 4.78 is 25.6. The first-order valence-corrected chi connectivity index (χ1v) is 6.23. The summed E-state index contributed by atoms with van der Waals surface area (Å²) in [6.45, 7) is 0. The molecule has 0 amide bonds. The molecule has 0 aliphatic heterocycles. The Morgan fingerprint density at radius 1 is 0.630 bits per heavy atom. The molecule has 151 valence electrons. The first-order valence-electron chi connectivity index (χ1n) is 6.23. The van der Waals surface area contributed by atoms with E-state index in [4.69, 9.17) is 40.9 Å². The second-order valence-electron chi connectivity index (χ2n) is 4.52. The molecule has 0 aliphatic carbocycles. The van der Waals surface area contributed by atoms with E-state index in [1.165, 1.54) is 0 Å². The van der Waals surface area contributed by atoms with E-state index >= 15 is 0 Å². The zero-order valence-electron chi connectivity index (χ0n) is 12.6. The van der Waals surface area contributed by atoms with Gasteiger partial charge in [0.1, 0.15) is 11.1 Å². The van der Waals surface area contributed by atoms with Crippen LogP contribution in [0.5, 0.6) is 34.5 Å². The number of rotatable bonds is 2. The van der Waals surface area contributed by atoms with Gasteiger partial charge < -0.3 is 40.9 Å². The van der Waals surface area contributed by atoms with Crippen molar-refractivity contribution in [1.29, 1.82) is 0 Å². The van der Waals surface area contributed by atoms with Gasteiger partial charge in [-0.15, -0.1) is 0 Å². The van der Waals surface area contributed by atoms with Crippen molar-refractivity contribution in [2.45, 2.75) is 0 Å². The van der Waals surface area contributed by atoms with E-state index in [2.05, 4.69) is 0 Å². The predicted molar refractivity (Wildman–Crippen MR) is 76.7 cm³/mol. The summed E-state index contributed by atoms with van der Waals surface area (Å²) >= 11 is 0. The summed E-state index contributed by atoms with van der Waals surface area (Å²) in [6.07, 6.45) is 0. The minimum Gasteiger partial charge on any atom is -0.504 e.